The molecule has 0 amide bonds. The molecule has 0 aliphatic carbocycles. The van der Waals surface area contributed by atoms with E-state index in [1.165, 1.54) is 22.4 Å². The third kappa shape index (κ3) is 3.24. The topological polar surface area (TPSA) is 28.2 Å². The fourth-order valence-corrected chi connectivity index (χ4v) is 3.02. The van der Waals surface area contributed by atoms with Crippen LogP contribution in [0.15, 0.2) is 42.7 Å². The Bertz CT molecular complexity index is 568. The average molecular weight is 281 g/mol. The number of nitrogens with one attached hydrogen (secondary N) is 1. The molecule has 2 aromatic rings. The lowest BCUT2D eigenvalue weighted by Gasteiger charge is -2.25. The molecule has 0 saturated carbocycles. The highest BCUT2D eigenvalue weighted by Crippen LogP contribution is 2.23. The number of aromatic nitrogens is 1. The molecule has 0 bridgehead atoms. The molecule has 0 fully saturated rings. The Morgan fingerprint density at radius 2 is 1.81 bits per heavy atom. The number of benzene rings is 1. The Hall–Kier alpha value is -1.87. The van der Waals surface area contributed by atoms with Crippen LogP contribution in [0.2, 0.25) is 0 Å². The average Bonchev–Trinajstić information content (AvgIpc) is 2.76. The summed E-state index contributed by atoms with van der Waals surface area (Å²) in [6.07, 6.45) is 6.14. The second-order valence-corrected chi connectivity index (χ2v) is 5.54. The summed E-state index contributed by atoms with van der Waals surface area (Å²) in [6.45, 7) is 6.19. The highest BCUT2D eigenvalue weighted by Gasteiger charge is 2.16. The standard InChI is InChI=1S/C18H23N3/c1-2-19-13-17-7-10-20-14-18(17)21-11-8-15-5-3-4-6-16(15)9-12-21/h3-7,10,14,19H,2,8-9,11-13H2,1H3. The van der Waals surface area contributed by atoms with Crippen LogP contribution in [-0.4, -0.2) is 24.6 Å². The minimum Gasteiger partial charge on any atom is -0.369 e. The van der Waals surface area contributed by atoms with Crippen LogP contribution in [0.1, 0.15) is 23.6 Å². The van der Waals surface area contributed by atoms with Gasteiger partial charge in [0.25, 0.3) is 0 Å². The van der Waals surface area contributed by atoms with E-state index in [0.29, 0.717) is 0 Å². The molecule has 1 aromatic heterocycles. The summed E-state index contributed by atoms with van der Waals surface area (Å²) < 4.78 is 0. The van der Waals surface area contributed by atoms with Crippen molar-refractivity contribution in [2.75, 3.05) is 24.5 Å². The normalized spacial score (nSPS) is 14.6. The molecule has 1 aliphatic heterocycles. The first-order chi connectivity index (χ1) is 10.4. The second-order valence-electron chi connectivity index (χ2n) is 5.54. The lowest BCUT2D eigenvalue weighted by molar-refractivity contribution is 0.716. The van der Waals surface area contributed by atoms with Gasteiger partial charge in [-0.3, -0.25) is 4.98 Å². The molecule has 1 aliphatic rings. The van der Waals surface area contributed by atoms with Gasteiger partial charge in [0.05, 0.1) is 11.9 Å². The first-order valence-electron chi connectivity index (χ1n) is 7.84. The van der Waals surface area contributed by atoms with Crippen molar-refractivity contribution in [1.82, 2.24) is 10.3 Å². The predicted octanol–water partition coefficient (Wildman–Crippen LogP) is 2.80. The molecule has 0 atom stereocenters. The van der Waals surface area contributed by atoms with Gasteiger partial charge in [0.1, 0.15) is 0 Å². The van der Waals surface area contributed by atoms with Crippen LogP contribution in [0.4, 0.5) is 5.69 Å². The Balaban J connectivity index is 1.79. The summed E-state index contributed by atoms with van der Waals surface area (Å²) in [6, 6.07) is 11.0. The van der Waals surface area contributed by atoms with E-state index in [4.69, 9.17) is 0 Å². The molecule has 1 aromatic carbocycles. The molecule has 110 valence electrons. The lowest BCUT2D eigenvalue weighted by atomic mass is 10.0. The summed E-state index contributed by atoms with van der Waals surface area (Å²) in [5, 5.41) is 3.42. The van der Waals surface area contributed by atoms with Crippen molar-refractivity contribution in [2.24, 2.45) is 0 Å². The lowest BCUT2D eigenvalue weighted by Crippen LogP contribution is -2.28. The van der Waals surface area contributed by atoms with Crippen LogP contribution in [0.3, 0.4) is 0 Å². The molecule has 0 spiro atoms. The Kier molecular flexibility index (Phi) is 4.51. The summed E-state index contributed by atoms with van der Waals surface area (Å²) >= 11 is 0. The van der Waals surface area contributed by atoms with Crippen LogP contribution in [-0.2, 0) is 19.4 Å². The number of hydrogen-bond donors (Lipinski definition) is 1. The second kappa shape index (κ2) is 6.72. The van der Waals surface area contributed by atoms with Crippen molar-refractivity contribution in [2.45, 2.75) is 26.3 Å². The third-order valence-electron chi connectivity index (χ3n) is 4.21. The van der Waals surface area contributed by atoms with Gasteiger partial charge in [-0.2, -0.15) is 0 Å². The smallest absolute Gasteiger partial charge is 0.0598 e. The molecule has 0 radical (unpaired) electrons. The number of anilines is 1. The van der Waals surface area contributed by atoms with E-state index in [2.05, 4.69) is 52.5 Å². The molecule has 0 unspecified atom stereocenters. The van der Waals surface area contributed by atoms with E-state index in [-0.39, 0.29) is 0 Å². The highest BCUT2D eigenvalue weighted by molar-refractivity contribution is 5.52. The van der Waals surface area contributed by atoms with Crippen LogP contribution >= 0.6 is 0 Å². The van der Waals surface area contributed by atoms with E-state index >= 15 is 0 Å². The van der Waals surface area contributed by atoms with E-state index < -0.39 is 0 Å². The highest BCUT2D eigenvalue weighted by atomic mass is 15.1. The largest absolute Gasteiger partial charge is 0.369 e. The molecular weight excluding hydrogens is 258 g/mol. The van der Waals surface area contributed by atoms with Gasteiger partial charge in [-0.05, 0) is 42.1 Å². The summed E-state index contributed by atoms with van der Waals surface area (Å²) in [4.78, 5) is 6.82. The van der Waals surface area contributed by atoms with E-state index in [0.717, 1.165) is 39.0 Å². The predicted molar refractivity (Wildman–Crippen MR) is 87.7 cm³/mol. The van der Waals surface area contributed by atoms with Crippen molar-refractivity contribution in [3.63, 3.8) is 0 Å². The SMILES string of the molecule is CCNCc1ccncc1N1CCc2ccccc2CC1. The molecule has 21 heavy (non-hydrogen) atoms. The third-order valence-corrected chi connectivity index (χ3v) is 4.21. The van der Waals surface area contributed by atoms with Crippen molar-refractivity contribution in [3.05, 3.63) is 59.4 Å². The fraction of sp³-hybridized carbons (Fsp3) is 0.389. The Morgan fingerprint density at radius 1 is 1.10 bits per heavy atom. The van der Waals surface area contributed by atoms with Crippen molar-refractivity contribution >= 4 is 5.69 Å². The van der Waals surface area contributed by atoms with Gasteiger partial charge in [0.15, 0.2) is 0 Å². The van der Waals surface area contributed by atoms with E-state index in [1.807, 2.05) is 12.4 Å². The van der Waals surface area contributed by atoms with Gasteiger partial charge in [-0.15, -0.1) is 0 Å². The number of fused-ring (bicyclic) bond motifs is 1. The van der Waals surface area contributed by atoms with Gasteiger partial charge in [0, 0.05) is 25.8 Å². The molecule has 0 saturated heterocycles. The van der Waals surface area contributed by atoms with Crippen molar-refractivity contribution in [3.8, 4) is 0 Å². The monoisotopic (exact) mass is 281 g/mol. The number of hydrogen-bond acceptors (Lipinski definition) is 3. The van der Waals surface area contributed by atoms with Crippen molar-refractivity contribution < 1.29 is 0 Å². The van der Waals surface area contributed by atoms with Gasteiger partial charge in [-0.25, -0.2) is 0 Å². The maximum atomic E-state index is 4.34. The van der Waals surface area contributed by atoms with Gasteiger partial charge in [-0.1, -0.05) is 31.2 Å². The Morgan fingerprint density at radius 3 is 2.48 bits per heavy atom. The van der Waals surface area contributed by atoms with E-state index in [1.54, 1.807) is 0 Å². The van der Waals surface area contributed by atoms with Gasteiger partial charge in [0.2, 0.25) is 0 Å². The molecule has 2 heterocycles. The first-order valence-corrected chi connectivity index (χ1v) is 7.84. The minimum atomic E-state index is 0.914. The van der Waals surface area contributed by atoms with Crippen LogP contribution in [0, 0.1) is 0 Å². The zero-order valence-corrected chi connectivity index (χ0v) is 12.7. The molecule has 1 N–H and O–H groups in total. The minimum absolute atomic E-state index is 0.914. The summed E-state index contributed by atoms with van der Waals surface area (Å²) in [5.74, 6) is 0. The fourth-order valence-electron chi connectivity index (χ4n) is 3.02. The van der Waals surface area contributed by atoms with Crippen molar-refractivity contribution in [1.29, 1.82) is 0 Å². The molecule has 3 rings (SSSR count). The quantitative estimate of drug-likeness (QED) is 0.934. The van der Waals surface area contributed by atoms with Crippen LogP contribution < -0.4 is 10.2 Å². The zero-order valence-electron chi connectivity index (χ0n) is 12.7. The van der Waals surface area contributed by atoms with Gasteiger partial charge < -0.3 is 10.2 Å². The number of pyridine rings is 1. The molecule has 3 nitrogen and oxygen atoms in total. The molecular formula is C18H23N3. The Labute approximate surface area is 127 Å². The first kappa shape index (κ1) is 14.1. The van der Waals surface area contributed by atoms with Gasteiger partial charge >= 0.3 is 0 Å². The number of nitrogens with zero attached hydrogens (tertiary/aromatic N) is 2. The van der Waals surface area contributed by atoms with E-state index in [9.17, 15) is 0 Å². The maximum Gasteiger partial charge on any atom is 0.0598 e. The van der Waals surface area contributed by atoms with Crippen LogP contribution in [0.5, 0.6) is 0 Å². The zero-order chi connectivity index (χ0) is 14.5. The van der Waals surface area contributed by atoms with Crippen LogP contribution in [0.25, 0.3) is 0 Å². The maximum absolute atomic E-state index is 4.34. The summed E-state index contributed by atoms with van der Waals surface area (Å²) in [5.41, 5.74) is 5.62. The summed E-state index contributed by atoms with van der Waals surface area (Å²) in [7, 11) is 0. The number of rotatable bonds is 4. The molecule has 3 heteroatoms.